The highest BCUT2D eigenvalue weighted by atomic mass is 35.5. The van der Waals surface area contributed by atoms with Crippen LogP contribution < -0.4 is 9.47 Å². The van der Waals surface area contributed by atoms with Crippen molar-refractivity contribution in [1.82, 2.24) is 0 Å². The van der Waals surface area contributed by atoms with Crippen molar-refractivity contribution >= 4 is 23.3 Å². The number of methoxy groups -OCH3 is 1. The minimum atomic E-state index is -0.525. The normalized spacial score (nSPS) is 12.7. The quantitative estimate of drug-likeness (QED) is 0.421. The summed E-state index contributed by atoms with van der Waals surface area (Å²) in [4.78, 5) is 22.8. The summed E-state index contributed by atoms with van der Waals surface area (Å²) in [5.74, 6) is 0.437. The summed E-state index contributed by atoms with van der Waals surface area (Å²) < 4.78 is 21.1. The Hall–Kier alpha value is -2.84. The predicted octanol–water partition coefficient (Wildman–Crippen LogP) is 3.41. The van der Waals surface area contributed by atoms with Gasteiger partial charge < -0.3 is 18.9 Å². The average molecular weight is 394 g/mol. The molecule has 0 amide bonds. The highest BCUT2D eigenvalue weighted by molar-refractivity contribution is 6.30. The third-order valence-electron chi connectivity index (χ3n) is 3.95. The zero-order valence-electron chi connectivity index (χ0n) is 14.4. The molecule has 0 saturated carbocycles. The molecule has 0 unspecified atom stereocenters. The van der Waals surface area contributed by atoms with Crippen molar-refractivity contribution in [2.45, 2.75) is 19.6 Å². The highest BCUT2D eigenvalue weighted by Crippen LogP contribution is 2.33. The number of fused-ring (bicyclic) bond motifs is 1. The molecule has 8 nitrogen and oxygen atoms in total. The standard InChI is InChI=1S/C18H16ClNO7/c1-24-16-3-2-14(19)4-11(16)7-17(21)26-9-13-6-15(20(22)23)5-12-8-25-10-27-18(12)13/h2-6H,7-10H2,1H3. The van der Waals surface area contributed by atoms with E-state index in [0.29, 0.717) is 33.2 Å². The molecule has 1 heterocycles. The van der Waals surface area contributed by atoms with Crippen molar-refractivity contribution in [1.29, 1.82) is 0 Å². The third-order valence-corrected chi connectivity index (χ3v) is 4.18. The Kier molecular flexibility index (Phi) is 5.78. The molecule has 0 saturated heterocycles. The van der Waals surface area contributed by atoms with Gasteiger partial charge in [0.2, 0.25) is 0 Å². The Morgan fingerprint density at radius 3 is 2.85 bits per heavy atom. The van der Waals surface area contributed by atoms with Gasteiger partial charge in [0.05, 0.1) is 25.1 Å². The maximum Gasteiger partial charge on any atom is 0.310 e. The molecule has 0 aliphatic carbocycles. The summed E-state index contributed by atoms with van der Waals surface area (Å²) in [7, 11) is 1.49. The Labute approximate surface area is 159 Å². The van der Waals surface area contributed by atoms with Crippen LogP contribution in [0.4, 0.5) is 5.69 Å². The zero-order valence-corrected chi connectivity index (χ0v) is 15.2. The zero-order chi connectivity index (χ0) is 19.4. The second-order valence-corrected chi connectivity index (χ2v) is 6.19. The third kappa shape index (κ3) is 4.47. The van der Waals surface area contributed by atoms with E-state index in [2.05, 4.69) is 0 Å². The maximum absolute atomic E-state index is 12.2. The van der Waals surface area contributed by atoms with E-state index in [9.17, 15) is 14.9 Å². The minimum absolute atomic E-state index is 0.0332. The van der Waals surface area contributed by atoms with Crippen molar-refractivity contribution in [2.75, 3.05) is 13.9 Å². The fraction of sp³-hybridized carbons (Fsp3) is 0.278. The Balaban J connectivity index is 1.75. The Bertz CT molecular complexity index is 884. The first kappa shape index (κ1) is 18.9. The van der Waals surface area contributed by atoms with E-state index in [1.54, 1.807) is 18.2 Å². The van der Waals surface area contributed by atoms with Crippen LogP contribution in [0, 0.1) is 10.1 Å². The molecule has 2 aromatic rings. The first-order valence-corrected chi connectivity index (χ1v) is 8.34. The van der Waals surface area contributed by atoms with E-state index in [1.165, 1.54) is 19.2 Å². The van der Waals surface area contributed by atoms with Gasteiger partial charge in [0.15, 0.2) is 6.79 Å². The van der Waals surface area contributed by atoms with E-state index >= 15 is 0 Å². The summed E-state index contributed by atoms with van der Waals surface area (Å²) in [6.45, 7) is 0.0644. The molecule has 0 N–H and O–H groups in total. The number of ether oxygens (including phenoxy) is 4. The lowest BCUT2D eigenvalue weighted by Crippen LogP contribution is -2.15. The summed E-state index contributed by atoms with van der Waals surface area (Å²) in [6.07, 6.45) is -0.0508. The van der Waals surface area contributed by atoms with E-state index < -0.39 is 10.9 Å². The molecule has 27 heavy (non-hydrogen) atoms. The number of halogens is 1. The lowest BCUT2D eigenvalue weighted by molar-refractivity contribution is -0.385. The molecular formula is C18H16ClNO7. The molecule has 0 aromatic heterocycles. The van der Waals surface area contributed by atoms with E-state index in [-0.39, 0.29) is 32.1 Å². The van der Waals surface area contributed by atoms with Gasteiger partial charge in [-0.25, -0.2) is 0 Å². The topological polar surface area (TPSA) is 97.1 Å². The summed E-state index contributed by atoms with van der Waals surface area (Å²) in [6, 6.07) is 7.66. The van der Waals surface area contributed by atoms with Crippen LogP contribution in [0.3, 0.4) is 0 Å². The number of nitro groups is 1. The number of rotatable bonds is 6. The first-order chi connectivity index (χ1) is 13.0. The molecule has 142 valence electrons. The summed E-state index contributed by atoms with van der Waals surface area (Å²) >= 11 is 5.96. The van der Waals surface area contributed by atoms with Gasteiger partial charge in [-0.15, -0.1) is 0 Å². The van der Waals surface area contributed by atoms with Crippen molar-refractivity contribution in [3.8, 4) is 11.5 Å². The van der Waals surface area contributed by atoms with Gasteiger partial charge >= 0.3 is 5.97 Å². The van der Waals surface area contributed by atoms with E-state index in [1.807, 2.05) is 0 Å². The Morgan fingerprint density at radius 2 is 2.11 bits per heavy atom. The van der Waals surface area contributed by atoms with Crippen LogP contribution in [-0.2, 0) is 33.9 Å². The summed E-state index contributed by atoms with van der Waals surface area (Å²) in [5.41, 5.74) is 1.41. The van der Waals surface area contributed by atoms with Gasteiger partial charge in [0.1, 0.15) is 18.1 Å². The lowest BCUT2D eigenvalue weighted by atomic mass is 10.1. The van der Waals surface area contributed by atoms with Gasteiger partial charge in [0.25, 0.3) is 5.69 Å². The first-order valence-electron chi connectivity index (χ1n) is 7.96. The Morgan fingerprint density at radius 1 is 1.30 bits per heavy atom. The van der Waals surface area contributed by atoms with Crippen LogP contribution in [-0.4, -0.2) is 24.8 Å². The molecule has 9 heteroatoms. The van der Waals surface area contributed by atoms with Gasteiger partial charge in [-0.1, -0.05) is 11.6 Å². The van der Waals surface area contributed by atoms with Crippen molar-refractivity contribution in [2.24, 2.45) is 0 Å². The summed E-state index contributed by atoms with van der Waals surface area (Å²) in [5, 5.41) is 11.6. The van der Waals surface area contributed by atoms with Crippen LogP contribution in [0.25, 0.3) is 0 Å². The number of carbonyl (C=O) groups is 1. The number of non-ortho nitro benzene ring substituents is 1. The van der Waals surface area contributed by atoms with Gasteiger partial charge in [-0.05, 0) is 18.2 Å². The monoisotopic (exact) mass is 393 g/mol. The molecule has 0 atom stereocenters. The smallest absolute Gasteiger partial charge is 0.310 e. The maximum atomic E-state index is 12.2. The van der Waals surface area contributed by atoms with Crippen LogP contribution in [0.2, 0.25) is 5.02 Å². The van der Waals surface area contributed by atoms with Gasteiger partial charge in [-0.2, -0.15) is 0 Å². The molecule has 1 aliphatic heterocycles. The number of benzene rings is 2. The molecule has 2 aromatic carbocycles. The molecule has 0 bridgehead atoms. The molecule has 0 spiro atoms. The SMILES string of the molecule is COc1ccc(Cl)cc1CC(=O)OCc1cc([N+](=O)[O-])cc2c1OCOC2. The number of carbonyl (C=O) groups excluding carboxylic acids is 1. The van der Waals surface area contributed by atoms with Crippen LogP contribution in [0.15, 0.2) is 30.3 Å². The van der Waals surface area contributed by atoms with Crippen molar-refractivity contribution < 1.29 is 28.7 Å². The minimum Gasteiger partial charge on any atom is -0.496 e. The highest BCUT2D eigenvalue weighted by Gasteiger charge is 2.22. The predicted molar refractivity (Wildman–Crippen MR) is 94.9 cm³/mol. The van der Waals surface area contributed by atoms with Crippen LogP contribution >= 0.6 is 11.6 Å². The van der Waals surface area contributed by atoms with Crippen LogP contribution in [0.1, 0.15) is 16.7 Å². The number of hydrogen-bond acceptors (Lipinski definition) is 7. The number of hydrogen-bond donors (Lipinski definition) is 0. The van der Waals surface area contributed by atoms with Gasteiger partial charge in [0, 0.05) is 33.8 Å². The second kappa shape index (κ2) is 8.24. The number of esters is 1. The molecule has 0 fully saturated rings. The fourth-order valence-electron chi connectivity index (χ4n) is 2.74. The largest absolute Gasteiger partial charge is 0.496 e. The van der Waals surface area contributed by atoms with Crippen molar-refractivity contribution in [3.05, 3.63) is 62.2 Å². The molecule has 0 radical (unpaired) electrons. The van der Waals surface area contributed by atoms with Gasteiger partial charge in [-0.3, -0.25) is 14.9 Å². The number of nitro benzene ring substituents is 1. The number of nitrogens with zero attached hydrogens (tertiary/aromatic N) is 1. The molecule has 3 rings (SSSR count). The van der Waals surface area contributed by atoms with E-state index in [4.69, 9.17) is 30.5 Å². The molecular weight excluding hydrogens is 378 g/mol. The van der Waals surface area contributed by atoms with E-state index in [0.717, 1.165) is 0 Å². The molecule has 1 aliphatic rings. The fourth-order valence-corrected chi connectivity index (χ4v) is 2.94. The van der Waals surface area contributed by atoms with Crippen LogP contribution in [0.5, 0.6) is 11.5 Å². The average Bonchev–Trinajstić information content (AvgIpc) is 2.66. The van der Waals surface area contributed by atoms with Crippen molar-refractivity contribution in [3.63, 3.8) is 0 Å². The second-order valence-electron chi connectivity index (χ2n) is 5.75. The lowest BCUT2D eigenvalue weighted by Gasteiger charge is -2.20.